The van der Waals surface area contributed by atoms with Gasteiger partial charge in [-0.25, -0.2) is 4.79 Å². The van der Waals surface area contributed by atoms with Crippen molar-refractivity contribution in [1.29, 1.82) is 0 Å². The molecule has 11 amide bonds. The average Bonchev–Trinajstić information content (AvgIpc) is 0.809. The highest BCUT2D eigenvalue weighted by Gasteiger charge is 2.46. The van der Waals surface area contributed by atoms with Crippen LogP contribution in [0.15, 0.2) is 24.3 Å². The number of aliphatic hydroxyl groups excluding tert-OH is 1. The van der Waals surface area contributed by atoms with E-state index in [0.29, 0.717) is 6.42 Å². The third kappa shape index (κ3) is 24.8. The molecule has 1 aromatic rings. The van der Waals surface area contributed by atoms with Crippen molar-refractivity contribution in [3.05, 3.63) is 29.8 Å². The van der Waals surface area contributed by atoms with Crippen LogP contribution < -0.4 is 21.3 Å². The predicted molar refractivity (Wildman–Crippen MR) is 367 cm³/mol. The number of carbonyl (C=O) groups excluding carboxylic acids is 11. The van der Waals surface area contributed by atoms with E-state index in [1.165, 1.54) is 87.7 Å². The molecule has 12 unspecified atom stereocenters. The first kappa shape index (κ1) is 87.0. The summed E-state index contributed by atoms with van der Waals surface area (Å²) in [5.74, 6) is -13.0. The monoisotopic (exact) mass is 1370 g/mol. The third-order valence-electron chi connectivity index (χ3n) is 17.4. The number of carboxylic acids is 1. The highest BCUT2D eigenvalue weighted by molar-refractivity contribution is 6.00. The molecular formula is C69H117N11O17. The molecule has 0 radical (unpaired) electrons. The number of aromatic hydroxyl groups is 3. The van der Waals surface area contributed by atoms with E-state index in [0.717, 1.165) is 21.9 Å². The van der Waals surface area contributed by atoms with Gasteiger partial charge < -0.3 is 81.1 Å². The number of benzene rings is 1. The Morgan fingerprint density at radius 3 is 1.35 bits per heavy atom. The molecule has 0 spiro atoms. The molecule has 1 saturated heterocycles. The van der Waals surface area contributed by atoms with Crippen molar-refractivity contribution < 1.29 is 83.1 Å². The molecule has 1 heterocycles. The lowest BCUT2D eigenvalue weighted by molar-refractivity contribution is -0.157. The number of carbonyl (C=O) groups is 12. The van der Waals surface area contributed by atoms with Gasteiger partial charge in [0.1, 0.15) is 60.4 Å². The molecule has 1 aromatic carbocycles. The van der Waals surface area contributed by atoms with Crippen LogP contribution in [-0.2, 0) is 52.7 Å². The molecule has 1 fully saturated rings. The van der Waals surface area contributed by atoms with E-state index in [1.807, 2.05) is 61.5 Å². The summed E-state index contributed by atoms with van der Waals surface area (Å²) in [7, 11) is 9.92. The summed E-state index contributed by atoms with van der Waals surface area (Å²) in [5, 5.41) is 58.0. The van der Waals surface area contributed by atoms with E-state index in [4.69, 9.17) is 20.4 Å². The lowest BCUT2D eigenvalue weighted by atomic mass is 9.91. The van der Waals surface area contributed by atoms with Crippen LogP contribution in [0.2, 0.25) is 0 Å². The van der Waals surface area contributed by atoms with Crippen molar-refractivity contribution in [2.24, 2.45) is 41.4 Å². The first-order valence-electron chi connectivity index (χ1n) is 33.6. The fourth-order valence-electron chi connectivity index (χ4n) is 11.4. The Bertz CT molecular complexity index is 2890. The Labute approximate surface area is 574 Å². The Hall–Kier alpha value is -8.04. The summed E-state index contributed by atoms with van der Waals surface area (Å²) in [6.07, 6.45) is 3.04. The zero-order valence-corrected chi connectivity index (χ0v) is 61.9. The summed E-state index contributed by atoms with van der Waals surface area (Å²) in [6.45, 7) is 29.3. The van der Waals surface area contributed by atoms with Gasteiger partial charge in [0.25, 0.3) is 0 Å². The fraction of sp³-hybridized carbons (Fsp3) is 0.710. The largest absolute Gasteiger partial charge is 0.504 e. The first-order chi connectivity index (χ1) is 44.7. The molecule has 550 valence electrons. The molecule has 0 aliphatic carbocycles. The van der Waals surface area contributed by atoms with Crippen molar-refractivity contribution in [2.45, 2.75) is 223 Å². The Kier molecular flexibility index (Phi) is 35.3. The molecule has 0 bridgehead atoms. The molecule has 9 N–H and O–H groups in total. The summed E-state index contributed by atoms with van der Waals surface area (Å²) in [6, 6.07) is -10.6. The average molecular weight is 1370 g/mol. The minimum atomic E-state index is -1.61. The number of aliphatic hydroxyl groups is 1. The number of rotatable bonds is 16. The van der Waals surface area contributed by atoms with Gasteiger partial charge in [-0.3, -0.25) is 52.7 Å². The highest BCUT2D eigenvalue weighted by atomic mass is 16.4. The number of nitrogens with one attached hydrogen (secondary N) is 4. The molecule has 28 nitrogen and oxygen atoms in total. The number of phenolic OH excluding ortho intramolecular Hbond substituents is 3. The number of likely N-dealkylation sites (N-methyl/N-ethyl adjacent to an activating group) is 7. The van der Waals surface area contributed by atoms with Crippen LogP contribution in [0.1, 0.15) is 167 Å². The number of allylic oxidation sites excluding steroid dienone is 2. The first-order valence-corrected chi connectivity index (χ1v) is 33.6. The summed E-state index contributed by atoms with van der Waals surface area (Å²) in [5.41, 5.74) is -0.289. The van der Waals surface area contributed by atoms with Gasteiger partial charge in [0.05, 0.1) is 18.2 Å². The topological polar surface area (TPSA) is 377 Å². The quantitative estimate of drug-likeness (QED) is 0.0840. The second-order valence-electron chi connectivity index (χ2n) is 28.3. The van der Waals surface area contributed by atoms with Gasteiger partial charge in [-0.15, -0.1) is 0 Å². The Morgan fingerprint density at radius 1 is 0.505 bits per heavy atom. The zero-order valence-electron chi connectivity index (χ0n) is 61.9. The lowest BCUT2D eigenvalue weighted by Gasteiger charge is -2.41. The molecule has 12 atom stereocenters. The summed E-state index contributed by atoms with van der Waals surface area (Å²) < 4.78 is 0. The van der Waals surface area contributed by atoms with Gasteiger partial charge in [-0.05, 0) is 113 Å². The Balaban J connectivity index is 0.00000350. The van der Waals surface area contributed by atoms with Gasteiger partial charge in [0, 0.05) is 49.3 Å². The molecule has 1 aliphatic rings. The molecule has 0 aromatic heterocycles. The van der Waals surface area contributed by atoms with Crippen LogP contribution in [0.25, 0.3) is 0 Å². The number of amides is 11. The van der Waals surface area contributed by atoms with Crippen LogP contribution >= 0.6 is 0 Å². The van der Waals surface area contributed by atoms with E-state index in [2.05, 4.69) is 21.3 Å². The molecule has 0 saturated carbocycles. The maximum atomic E-state index is 15.1. The Morgan fingerprint density at radius 2 is 0.918 bits per heavy atom. The fourth-order valence-corrected chi connectivity index (χ4v) is 11.4. The molecule has 2 rings (SSSR count). The number of phenols is 3. The maximum Gasteiger partial charge on any atom is 0.335 e. The van der Waals surface area contributed by atoms with E-state index < -0.39 is 179 Å². The van der Waals surface area contributed by atoms with Gasteiger partial charge >= 0.3 is 5.97 Å². The summed E-state index contributed by atoms with van der Waals surface area (Å²) >= 11 is 0. The van der Waals surface area contributed by atoms with Crippen molar-refractivity contribution in [3.63, 3.8) is 0 Å². The minimum Gasteiger partial charge on any atom is -0.504 e. The highest BCUT2D eigenvalue weighted by Crippen LogP contribution is 2.35. The number of carboxylic acid groups (broad SMARTS) is 1. The minimum absolute atomic E-state index is 0.0229. The van der Waals surface area contributed by atoms with Crippen LogP contribution in [-0.4, -0.2) is 253 Å². The van der Waals surface area contributed by atoms with Crippen LogP contribution in [0.3, 0.4) is 0 Å². The van der Waals surface area contributed by atoms with Crippen LogP contribution in [0, 0.1) is 41.4 Å². The molecular weight excluding hydrogens is 1250 g/mol. The maximum absolute atomic E-state index is 15.1. The number of nitrogens with zero attached hydrogens (tertiary/aromatic N) is 7. The van der Waals surface area contributed by atoms with Crippen molar-refractivity contribution >= 4 is 70.9 Å². The predicted octanol–water partition coefficient (Wildman–Crippen LogP) is 3.77. The molecule has 1 aliphatic heterocycles. The third-order valence-corrected chi connectivity index (χ3v) is 17.4. The van der Waals surface area contributed by atoms with E-state index in [-0.39, 0.29) is 61.3 Å². The van der Waals surface area contributed by atoms with Gasteiger partial charge in [-0.2, -0.15) is 0 Å². The van der Waals surface area contributed by atoms with Crippen LogP contribution in [0.5, 0.6) is 17.2 Å². The SMILES string of the molecule is CC=CCC(C)C(O)C1C(=O)NC(CC)C(=O)N(C)CC(=O)N(C)C(CC(C)C)C(=O)NC(C(C)C)C(=O)N(C)C(CC(C)C)C(=O)NC(C)C(=O)NC(C)C(=O)N(C)C(CC(C)C)C(=O)N(C)C(CC(C)C)C(=O)N(C)C(C(C)C)C(=O)N1C.O=C(O)c1cc(O)c(O)c(O)c1. The normalized spacial score (nSPS) is 24.8. The van der Waals surface area contributed by atoms with E-state index in [9.17, 15) is 53.1 Å². The van der Waals surface area contributed by atoms with E-state index in [1.54, 1.807) is 54.5 Å². The number of hydrogen-bond acceptors (Lipinski definition) is 16. The van der Waals surface area contributed by atoms with Gasteiger partial charge in [0.15, 0.2) is 17.2 Å². The van der Waals surface area contributed by atoms with Crippen molar-refractivity contribution in [2.75, 3.05) is 55.9 Å². The lowest BCUT2D eigenvalue weighted by Crippen LogP contribution is -2.63. The zero-order chi connectivity index (χ0) is 75.3. The molecule has 28 heteroatoms. The second-order valence-corrected chi connectivity index (χ2v) is 28.3. The smallest absolute Gasteiger partial charge is 0.335 e. The van der Waals surface area contributed by atoms with Crippen LogP contribution in [0.4, 0.5) is 0 Å². The summed E-state index contributed by atoms with van der Waals surface area (Å²) in [4.78, 5) is 179. The van der Waals surface area contributed by atoms with Gasteiger partial charge in [-0.1, -0.05) is 109 Å². The number of hydrogen-bond donors (Lipinski definition) is 9. The van der Waals surface area contributed by atoms with Gasteiger partial charge in [0.2, 0.25) is 65.0 Å². The standard InChI is InChI=1S/C62H111N11O12.C7H6O5/c1-25-27-28-40(15)52(75)51-56(79)65-43(26-2)58(81)67(18)33-48(74)68(19)44(29-34(3)4)55(78)66-49(38(11)12)61(84)69(20)45(30-35(5)6)54(77)63-41(16)53(76)64-42(17)57(80)70(21)46(31-36(7)8)59(82)71(22)47(32-37(9)10)60(83)72(23)50(39(13)14)62(85)73(51)24;8-4-1-3(7(11)12)2-5(9)6(4)10/h25,27,34-47,49-52,75H,26,28-33H2,1-24H3,(H,63,77)(H,64,76)(H,65,79)(H,66,78);1-2,8-10H,(H,11,12). The number of aromatic carboxylic acids is 1. The molecule has 97 heavy (non-hydrogen) atoms. The van der Waals surface area contributed by atoms with Crippen molar-refractivity contribution in [1.82, 2.24) is 55.6 Å². The second kappa shape index (κ2) is 39.4. The van der Waals surface area contributed by atoms with E-state index >= 15 is 9.59 Å². The van der Waals surface area contributed by atoms with Crippen molar-refractivity contribution in [3.8, 4) is 17.2 Å².